The van der Waals surface area contributed by atoms with Gasteiger partial charge in [-0.25, -0.2) is 0 Å². The van der Waals surface area contributed by atoms with Gasteiger partial charge in [0.25, 0.3) is 11.8 Å². The molecular formula is C12H10Br2N2O3. The van der Waals surface area contributed by atoms with Gasteiger partial charge in [-0.05, 0) is 34.1 Å². The number of carbonyl (C=O) groups is 3. The van der Waals surface area contributed by atoms with E-state index in [1.807, 2.05) is 0 Å². The van der Waals surface area contributed by atoms with E-state index in [-0.39, 0.29) is 24.1 Å². The van der Waals surface area contributed by atoms with Gasteiger partial charge in [-0.1, -0.05) is 15.9 Å². The molecule has 1 aromatic carbocycles. The molecule has 0 aliphatic carbocycles. The Balaban J connectivity index is 2.14. The molecule has 0 spiro atoms. The minimum Gasteiger partial charge on any atom is -0.340 e. The van der Waals surface area contributed by atoms with Crippen LogP contribution >= 0.6 is 31.9 Å². The number of carbonyl (C=O) groups excluding carboxylic acids is 3. The van der Waals surface area contributed by atoms with Crippen molar-refractivity contribution in [2.45, 2.75) is 12.5 Å². The quantitative estimate of drug-likeness (QED) is 0.783. The van der Waals surface area contributed by atoms with Gasteiger partial charge >= 0.3 is 0 Å². The third kappa shape index (κ3) is 2.87. The molecule has 100 valence electrons. The van der Waals surface area contributed by atoms with Gasteiger partial charge < -0.3 is 5.32 Å². The zero-order valence-electron chi connectivity index (χ0n) is 9.94. The van der Waals surface area contributed by atoms with Crippen molar-refractivity contribution in [1.29, 1.82) is 0 Å². The monoisotopic (exact) mass is 388 g/mol. The first-order chi connectivity index (χ1) is 8.90. The fourth-order valence-corrected chi connectivity index (χ4v) is 3.01. The van der Waals surface area contributed by atoms with Crippen LogP contribution in [0.15, 0.2) is 27.1 Å². The van der Waals surface area contributed by atoms with Crippen LogP contribution in [0, 0.1) is 0 Å². The van der Waals surface area contributed by atoms with Gasteiger partial charge in [0.05, 0.1) is 12.0 Å². The van der Waals surface area contributed by atoms with E-state index in [0.717, 1.165) is 9.37 Å². The maximum Gasteiger partial charge on any atom is 0.253 e. The zero-order chi connectivity index (χ0) is 14.2. The van der Waals surface area contributed by atoms with Crippen LogP contribution in [0.25, 0.3) is 0 Å². The third-order valence-electron chi connectivity index (χ3n) is 2.86. The van der Waals surface area contributed by atoms with Crippen LogP contribution < -0.4 is 5.32 Å². The Bertz CT molecular complexity index is 574. The van der Waals surface area contributed by atoms with E-state index in [0.29, 0.717) is 10.0 Å². The molecule has 5 nitrogen and oxygen atoms in total. The smallest absolute Gasteiger partial charge is 0.253 e. The molecule has 2 rings (SSSR count). The maximum absolute atomic E-state index is 12.1. The van der Waals surface area contributed by atoms with E-state index in [2.05, 4.69) is 37.2 Å². The van der Waals surface area contributed by atoms with Crippen molar-refractivity contribution in [3.63, 3.8) is 0 Å². The number of rotatable bonds is 2. The average molecular weight is 390 g/mol. The molecule has 1 fully saturated rings. The van der Waals surface area contributed by atoms with Gasteiger partial charge in [0.1, 0.15) is 6.04 Å². The van der Waals surface area contributed by atoms with Gasteiger partial charge in [-0.15, -0.1) is 0 Å². The number of benzene rings is 1. The van der Waals surface area contributed by atoms with Crippen LogP contribution in [0.1, 0.15) is 16.8 Å². The molecule has 1 heterocycles. The van der Waals surface area contributed by atoms with E-state index in [1.165, 1.54) is 7.05 Å². The Morgan fingerprint density at radius 3 is 2.58 bits per heavy atom. The molecule has 0 saturated carbocycles. The van der Waals surface area contributed by atoms with E-state index >= 15 is 0 Å². The number of hydrogen-bond acceptors (Lipinski definition) is 3. The van der Waals surface area contributed by atoms with E-state index in [4.69, 9.17) is 0 Å². The summed E-state index contributed by atoms with van der Waals surface area (Å²) in [6.07, 6.45) is 0.00915. The van der Waals surface area contributed by atoms with Crippen molar-refractivity contribution < 1.29 is 14.4 Å². The van der Waals surface area contributed by atoms with Crippen molar-refractivity contribution in [2.75, 3.05) is 7.05 Å². The molecule has 1 N–H and O–H groups in total. The summed E-state index contributed by atoms with van der Waals surface area (Å²) in [6, 6.07) is 4.32. The summed E-state index contributed by atoms with van der Waals surface area (Å²) in [6.45, 7) is 0. The Morgan fingerprint density at radius 1 is 1.37 bits per heavy atom. The van der Waals surface area contributed by atoms with E-state index in [9.17, 15) is 14.4 Å². The summed E-state index contributed by atoms with van der Waals surface area (Å²) in [5, 5.41) is 2.57. The molecule has 3 amide bonds. The average Bonchev–Trinajstić information content (AvgIpc) is 2.57. The van der Waals surface area contributed by atoms with Crippen LogP contribution in [0.5, 0.6) is 0 Å². The first-order valence-corrected chi connectivity index (χ1v) is 7.05. The molecule has 19 heavy (non-hydrogen) atoms. The minimum absolute atomic E-state index is 0.00915. The van der Waals surface area contributed by atoms with Crippen LogP contribution in [-0.4, -0.2) is 35.7 Å². The van der Waals surface area contributed by atoms with Crippen molar-refractivity contribution in [2.24, 2.45) is 0 Å². The van der Waals surface area contributed by atoms with Crippen molar-refractivity contribution in [3.05, 3.63) is 32.7 Å². The zero-order valence-corrected chi connectivity index (χ0v) is 13.1. The number of imide groups is 1. The molecule has 1 saturated heterocycles. The molecule has 0 aromatic heterocycles. The number of likely N-dealkylation sites (tertiary alicyclic amines) is 1. The highest BCUT2D eigenvalue weighted by Crippen LogP contribution is 2.22. The summed E-state index contributed by atoms with van der Waals surface area (Å²) in [4.78, 5) is 36.1. The number of halogens is 2. The Labute approximate surface area is 126 Å². The molecule has 1 atom stereocenters. The Hall–Kier alpha value is -1.21. The molecule has 0 bridgehead atoms. The highest BCUT2D eigenvalue weighted by Gasteiger charge is 2.37. The number of amides is 3. The topological polar surface area (TPSA) is 66.5 Å². The molecule has 1 aliphatic heterocycles. The normalized spacial score (nSPS) is 18.9. The lowest BCUT2D eigenvalue weighted by Gasteiger charge is -2.12. The predicted octanol–water partition coefficient (Wildman–Crippen LogP) is 1.70. The van der Waals surface area contributed by atoms with Crippen molar-refractivity contribution in [3.8, 4) is 0 Å². The highest BCUT2D eigenvalue weighted by atomic mass is 79.9. The largest absolute Gasteiger partial charge is 0.340 e. The van der Waals surface area contributed by atoms with E-state index in [1.54, 1.807) is 18.2 Å². The second-order valence-electron chi connectivity index (χ2n) is 4.15. The number of nitrogens with one attached hydrogen (secondary N) is 1. The van der Waals surface area contributed by atoms with Crippen LogP contribution in [-0.2, 0) is 9.59 Å². The summed E-state index contributed by atoms with van der Waals surface area (Å²) in [7, 11) is 1.41. The first kappa shape index (κ1) is 14.2. The molecule has 1 aliphatic rings. The van der Waals surface area contributed by atoms with Crippen molar-refractivity contribution in [1.82, 2.24) is 10.2 Å². The van der Waals surface area contributed by atoms with Crippen LogP contribution in [0.4, 0.5) is 0 Å². The van der Waals surface area contributed by atoms with Gasteiger partial charge in [0.2, 0.25) is 5.91 Å². The first-order valence-electron chi connectivity index (χ1n) is 5.46. The predicted molar refractivity (Wildman–Crippen MR) is 75.5 cm³/mol. The van der Waals surface area contributed by atoms with Crippen molar-refractivity contribution >= 4 is 49.6 Å². The summed E-state index contributed by atoms with van der Waals surface area (Å²) in [5.41, 5.74) is 0.415. The fourth-order valence-electron chi connectivity index (χ4n) is 1.78. The van der Waals surface area contributed by atoms with Crippen LogP contribution in [0.2, 0.25) is 0 Å². The minimum atomic E-state index is -0.777. The number of nitrogens with zero attached hydrogens (tertiary/aromatic N) is 1. The fraction of sp³-hybridized carbons (Fsp3) is 0.250. The second-order valence-corrected chi connectivity index (χ2v) is 5.92. The van der Waals surface area contributed by atoms with Gasteiger partial charge in [0.15, 0.2) is 0 Å². The molecular weight excluding hydrogens is 380 g/mol. The number of hydrogen-bond donors (Lipinski definition) is 1. The molecule has 1 unspecified atom stereocenters. The van der Waals surface area contributed by atoms with Gasteiger partial charge in [0, 0.05) is 16.0 Å². The lowest BCUT2D eigenvalue weighted by molar-refractivity contribution is -0.137. The Kier molecular flexibility index (Phi) is 4.05. The highest BCUT2D eigenvalue weighted by molar-refractivity contribution is 9.11. The second kappa shape index (κ2) is 5.42. The summed E-state index contributed by atoms with van der Waals surface area (Å²) >= 11 is 6.57. The van der Waals surface area contributed by atoms with Gasteiger partial charge in [-0.2, -0.15) is 0 Å². The third-order valence-corrected chi connectivity index (χ3v) is 4.01. The SMILES string of the molecule is CN1C(=O)CC(NC(=O)c2ccc(Br)cc2Br)C1=O. The number of likely N-dealkylation sites (N-methyl/N-ethyl adjacent to an activating group) is 1. The van der Waals surface area contributed by atoms with Gasteiger partial charge in [-0.3, -0.25) is 19.3 Å². The lowest BCUT2D eigenvalue weighted by atomic mass is 10.2. The lowest BCUT2D eigenvalue weighted by Crippen LogP contribution is -2.40. The van der Waals surface area contributed by atoms with Crippen LogP contribution in [0.3, 0.4) is 0 Å². The standard InChI is InChI=1S/C12H10Br2N2O3/c1-16-10(17)5-9(12(16)19)15-11(18)7-3-2-6(13)4-8(7)14/h2-4,9H,5H2,1H3,(H,15,18). The van der Waals surface area contributed by atoms with E-state index < -0.39 is 6.04 Å². The maximum atomic E-state index is 12.1. The molecule has 1 aromatic rings. The molecule has 7 heteroatoms. The summed E-state index contributed by atoms with van der Waals surface area (Å²) in [5.74, 6) is -1.06. The summed E-state index contributed by atoms with van der Waals surface area (Å²) < 4.78 is 1.45. The molecule has 0 radical (unpaired) electrons. The Morgan fingerprint density at radius 2 is 2.05 bits per heavy atom.